The molecular formula is C16H16O6. The van der Waals surface area contributed by atoms with Crippen molar-refractivity contribution in [2.45, 2.75) is 19.4 Å². The van der Waals surface area contributed by atoms with Gasteiger partial charge in [-0.05, 0) is 18.6 Å². The Labute approximate surface area is 126 Å². The van der Waals surface area contributed by atoms with Crippen LogP contribution in [0, 0.1) is 0 Å². The average Bonchev–Trinajstić information content (AvgIpc) is 2.45. The highest BCUT2D eigenvalue weighted by molar-refractivity contribution is 6.08. The summed E-state index contributed by atoms with van der Waals surface area (Å²) in [4.78, 5) is 12.0. The fourth-order valence-corrected chi connectivity index (χ4v) is 2.90. The maximum atomic E-state index is 12.0. The average molecular weight is 304 g/mol. The summed E-state index contributed by atoms with van der Waals surface area (Å²) in [5.74, 6) is -0.358. The number of aromatic hydroxyl groups is 2. The van der Waals surface area contributed by atoms with Gasteiger partial charge < -0.3 is 24.4 Å². The van der Waals surface area contributed by atoms with Crippen LogP contribution in [0.25, 0.3) is 10.8 Å². The fraction of sp³-hybridized carbons (Fsp3) is 0.312. The Morgan fingerprint density at radius 3 is 2.59 bits per heavy atom. The quantitative estimate of drug-likeness (QED) is 0.829. The van der Waals surface area contributed by atoms with Gasteiger partial charge in [-0.1, -0.05) is 0 Å². The van der Waals surface area contributed by atoms with Crippen molar-refractivity contribution in [2.24, 2.45) is 0 Å². The Hall–Kier alpha value is -2.63. The number of carbonyl (C=O) groups excluding carboxylic acids is 1. The number of hydrogen-bond acceptors (Lipinski definition) is 6. The first-order valence-corrected chi connectivity index (χ1v) is 6.81. The summed E-state index contributed by atoms with van der Waals surface area (Å²) >= 11 is 0. The molecule has 1 aliphatic rings. The highest BCUT2D eigenvalue weighted by Crippen LogP contribution is 2.47. The standard InChI is InChI=1S/C16H16O6/c1-7-4-8-5-9-13(14(18)12(8)16(19)22-7)10(17)6-11(20-2)15(9)21-3/h5-7,17-18H,4H2,1-3H3. The van der Waals surface area contributed by atoms with E-state index in [4.69, 9.17) is 14.2 Å². The first-order chi connectivity index (χ1) is 10.5. The van der Waals surface area contributed by atoms with Gasteiger partial charge in [0.25, 0.3) is 0 Å². The van der Waals surface area contributed by atoms with E-state index in [0.29, 0.717) is 28.9 Å². The zero-order valence-corrected chi connectivity index (χ0v) is 12.5. The predicted molar refractivity (Wildman–Crippen MR) is 79.0 cm³/mol. The van der Waals surface area contributed by atoms with Gasteiger partial charge in [0.15, 0.2) is 11.5 Å². The molecule has 1 unspecified atom stereocenters. The third-order valence-corrected chi connectivity index (χ3v) is 3.82. The molecule has 22 heavy (non-hydrogen) atoms. The van der Waals surface area contributed by atoms with Crippen LogP contribution in [0.4, 0.5) is 0 Å². The summed E-state index contributed by atoms with van der Waals surface area (Å²) in [7, 11) is 2.93. The number of methoxy groups -OCH3 is 2. The molecule has 1 heterocycles. The smallest absolute Gasteiger partial charge is 0.342 e. The molecule has 0 saturated carbocycles. The van der Waals surface area contributed by atoms with E-state index in [-0.39, 0.29) is 28.6 Å². The first kappa shape index (κ1) is 14.3. The van der Waals surface area contributed by atoms with E-state index in [1.165, 1.54) is 20.3 Å². The van der Waals surface area contributed by atoms with Gasteiger partial charge in [-0.3, -0.25) is 0 Å². The van der Waals surface area contributed by atoms with Crippen LogP contribution in [-0.4, -0.2) is 36.5 Å². The lowest BCUT2D eigenvalue weighted by molar-refractivity contribution is 0.0298. The van der Waals surface area contributed by atoms with Crippen molar-refractivity contribution in [1.82, 2.24) is 0 Å². The van der Waals surface area contributed by atoms with Gasteiger partial charge in [0.05, 0.1) is 19.6 Å². The second kappa shape index (κ2) is 4.98. The van der Waals surface area contributed by atoms with Crippen LogP contribution in [0.15, 0.2) is 12.1 Å². The monoisotopic (exact) mass is 304 g/mol. The van der Waals surface area contributed by atoms with Crippen molar-refractivity contribution in [3.63, 3.8) is 0 Å². The fourth-order valence-electron chi connectivity index (χ4n) is 2.90. The third-order valence-electron chi connectivity index (χ3n) is 3.82. The van der Waals surface area contributed by atoms with Gasteiger partial charge in [-0.2, -0.15) is 0 Å². The van der Waals surface area contributed by atoms with E-state index >= 15 is 0 Å². The van der Waals surface area contributed by atoms with Crippen molar-refractivity contribution < 1.29 is 29.2 Å². The number of phenolic OH excluding ortho intramolecular Hbond substituents is 2. The Bertz CT molecular complexity index is 780. The van der Waals surface area contributed by atoms with E-state index in [2.05, 4.69) is 0 Å². The number of hydrogen-bond donors (Lipinski definition) is 2. The second-order valence-electron chi connectivity index (χ2n) is 5.23. The molecule has 1 atom stereocenters. The Balaban J connectivity index is 2.43. The molecule has 2 aromatic carbocycles. The van der Waals surface area contributed by atoms with Crippen LogP contribution in [0.3, 0.4) is 0 Å². The van der Waals surface area contributed by atoms with Crippen LogP contribution in [0.5, 0.6) is 23.0 Å². The molecule has 2 N–H and O–H groups in total. The van der Waals surface area contributed by atoms with Gasteiger partial charge >= 0.3 is 5.97 Å². The Morgan fingerprint density at radius 2 is 1.95 bits per heavy atom. The lowest BCUT2D eigenvalue weighted by Gasteiger charge is -2.24. The maximum Gasteiger partial charge on any atom is 0.342 e. The minimum Gasteiger partial charge on any atom is -0.507 e. The van der Waals surface area contributed by atoms with Crippen molar-refractivity contribution in [3.05, 3.63) is 23.3 Å². The summed E-state index contributed by atoms with van der Waals surface area (Å²) in [5, 5.41) is 21.3. The number of rotatable bonds is 2. The lowest BCUT2D eigenvalue weighted by atomic mass is 9.93. The summed E-state index contributed by atoms with van der Waals surface area (Å²) < 4.78 is 15.7. The highest BCUT2D eigenvalue weighted by Gasteiger charge is 2.30. The molecule has 1 aliphatic heterocycles. The molecule has 6 nitrogen and oxygen atoms in total. The topological polar surface area (TPSA) is 85.2 Å². The van der Waals surface area contributed by atoms with Gasteiger partial charge in [0, 0.05) is 17.9 Å². The highest BCUT2D eigenvalue weighted by atomic mass is 16.5. The van der Waals surface area contributed by atoms with Crippen molar-refractivity contribution in [3.8, 4) is 23.0 Å². The number of ether oxygens (including phenoxy) is 3. The molecule has 2 aromatic rings. The van der Waals surface area contributed by atoms with E-state index in [1.807, 2.05) is 0 Å². The number of esters is 1. The van der Waals surface area contributed by atoms with Gasteiger partial charge in [0.1, 0.15) is 23.2 Å². The van der Waals surface area contributed by atoms with Crippen LogP contribution in [0.2, 0.25) is 0 Å². The zero-order valence-electron chi connectivity index (χ0n) is 12.5. The van der Waals surface area contributed by atoms with Crippen LogP contribution < -0.4 is 9.47 Å². The number of carbonyl (C=O) groups is 1. The molecule has 116 valence electrons. The molecule has 0 saturated heterocycles. The molecule has 0 bridgehead atoms. The molecule has 0 fully saturated rings. The van der Waals surface area contributed by atoms with E-state index in [9.17, 15) is 15.0 Å². The third kappa shape index (κ3) is 1.91. The number of fused-ring (bicyclic) bond motifs is 2. The molecule has 3 rings (SSSR count). The number of cyclic esters (lactones) is 1. The van der Waals surface area contributed by atoms with Crippen LogP contribution in [0.1, 0.15) is 22.8 Å². The van der Waals surface area contributed by atoms with Gasteiger partial charge in [0.2, 0.25) is 0 Å². The van der Waals surface area contributed by atoms with E-state index in [0.717, 1.165) is 0 Å². The Kier molecular flexibility index (Phi) is 3.24. The van der Waals surface area contributed by atoms with Crippen LogP contribution in [-0.2, 0) is 11.2 Å². The second-order valence-corrected chi connectivity index (χ2v) is 5.23. The minimum atomic E-state index is -0.595. The normalized spacial score (nSPS) is 17.0. The van der Waals surface area contributed by atoms with Gasteiger partial charge in [-0.15, -0.1) is 0 Å². The van der Waals surface area contributed by atoms with E-state index in [1.54, 1.807) is 13.0 Å². The molecule has 0 radical (unpaired) electrons. The predicted octanol–water partition coefficient (Wildman–Crippen LogP) is 2.37. The van der Waals surface area contributed by atoms with Crippen LogP contribution >= 0.6 is 0 Å². The first-order valence-electron chi connectivity index (χ1n) is 6.81. The molecule has 0 aliphatic carbocycles. The molecule has 0 aromatic heterocycles. The summed E-state index contributed by atoms with van der Waals surface area (Å²) in [6.45, 7) is 1.78. The van der Waals surface area contributed by atoms with Crippen molar-refractivity contribution >= 4 is 16.7 Å². The zero-order chi connectivity index (χ0) is 16.0. The minimum absolute atomic E-state index is 0.0909. The molecule has 0 spiro atoms. The summed E-state index contributed by atoms with van der Waals surface area (Å²) in [5.41, 5.74) is 0.743. The summed E-state index contributed by atoms with van der Waals surface area (Å²) in [6.07, 6.45) is 0.202. The largest absolute Gasteiger partial charge is 0.507 e. The summed E-state index contributed by atoms with van der Waals surface area (Å²) in [6, 6.07) is 3.06. The Morgan fingerprint density at radius 1 is 1.23 bits per heavy atom. The van der Waals surface area contributed by atoms with Crippen molar-refractivity contribution in [2.75, 3.05) is 14.2 Å². The van der Waals surface area contributed by atoms with Crippen molar-refractivity contribution in [1.29, 1.82) is 0 Å². The van der Waals surface area contributed by atoms with Gasteiger partial charge in [-0.25, -0.2) is 4.79 Å². The molecular weight excluding hydrogens is 288 g/mol. The number of phenols is 2. The maximum absolute atomic E-state index is 12.0. The molecule has 0 amide bonds. The lowest BCUT2D eigenvalue weighted by Crippen LogP contribution is -2.25. The van der Waals surface area contributed by atoms with E-state index < -0.39 is 5.97 Å². The SMILES string of the molecule is COc1cc(O)c2c(O)c3c(cc2c1OC)CC(C)OC3=O. The molecule has 6 heteroatoms. The number of benzene rings is 2.